The van der Waals surface area contributed by atoms with Crippen LogP contribution in [0.2, 0.25) is 0 Å². The van der Waals surface area contributed by atoms with Gasteiger partial charge >= 0.3 is 5.97 Å². The summed E-state index contributed by atoms with van der Waals surface area (Å²) in [5, 5.41) is 12.6. The van der Waals surface area contributed by atoms with E-state index in [9.17, 15) is 48.3 Å². The maximum Gasteiger partial charge on any atom is 0.307 e. The highest BCUT2D eigenvalue weighted by molar-refractivity contribution is 7.90. The van der Waals surface area contributed by atoms with Gasteiger partial charge in [-0.15, -0.1) is 0 Å². The first-order chi connectivity index (χ1) is 36.8. The lowest BCUT2D eigenvalue weighted by Gasteiger charge is -2.32. The second-order valence-corrected chi connectivity index (χ2v) is 24.9. The molecule has 3 aliphatic rings. The van der Waals surface area contributed by atoms with Gasteiger partial charge in [0.1, 0.15) is 17.5 Å². The summed E-state index contributed by atoms with van der Waals surface area (Å²) in [5.41, 5.74) is 7.38. The van der Waals surface area contributed by atoms with Crippen molar-refractivity contribution in [3.63, 3.8) is 0 Å². The van der Waals surface area contributed by atoms with E-state index in [4.69, 9.17) is 0 Å². The third-order valence-electron chi connectivity index (χ3n) is 14.6. The van der Waals surface area contributed by atoms with Crippen molar-refractivity contribution in [1.29, 1.82) is 0 Å². The first kappa shape index (κ1) is 53.3. The predicted octanol–water partition coefficient (Wildman–Crippen LogP) is 9.19. The maximum atomic E-state index is 13.2. The molecule has 77 heavy (non-hydrogen) atoms. The molecule has 0 saturated carbocycles. The lowest BCUT2D eigenvalue weighted by Crippen LogP contribution is -2.42. The molecule has 9 aromatic rings. The van der Waals surface area contributed by atoms with Crippen LogP contribution in [0.1, 0.15) is 41.9 Å². The summed E-state index contributed by atoms with van der Waals surface area (Å²) in [6.45, 7) is 1.64. The van der Waals surface area contributed by atoms with E-state index in [1.807, 2.05) is 53.1 Å². The molecule has 3 aliphatic heterocycles. The molecule has 0 bridgehead atoms. The van der Waals surface area contributed by atoms with Crippen LogP contribution in [-0.4, -0.2) is 79.5 Å². The molecule has 0 spiro atoms. The molecule has 400 valence electrons. The van der Waals surface area contributed by atoms with Crippen LogP contribution in [0.4, 0.5) is 13.2 Å². The van der Waals surface area contributed by atoms with Crippen LogP contribution in [-0.2, 0) is 80.2 Å². The summed E-state index contributed by atoms with van der Waals surface area (Å²) in [5.74, 6) is -2.27. The van der Waals surface area contributed by atoms with Crippen molar-refractivity contribution in [2.75, 3.05) is 7.05 Å². The number of benzene rings is 6. The first-order valence-electron chi connectivity index (χ1n) is 25.1. The van der Waals surface area contributed by atoms with Crippen LogP contribution in [0.15, 0.2) is 172 Å². The van der Waals surface area contributed by atoms with Gasteiger partial charge in [-0.2, -0.15) is 4.31 Å². The van der Waals surface area contributed by atoms with Crippen molar-refractivity contribution in [1.82, 2.24) is 27.5 Å². The Balaban J connectivity index is 0.000000132. The number of nitrogens with zero attached hydrogens (tertiary/aromatic N) is 4. The number of para-hydroxylation sites is 3. The summed E-state index contributed by atoms with van der Waals surface area (Å²) in [6, 6.07) is 42.1. The summed E-state index contributed by atoms with van der Waals surface area (Å²) < 4.78 is 128. The fourth-order valence-corrected chi connectivity index (χ4v) is 14.7. The van der Waals surface area contributed by atoms with E-state index in [1.165, 1.54) is 69.9 Å². The van der Waals surface area contributed by atoms with Crippen LogP contribution in [0.3, 0.4) is 0 Å². The highest BCUT2D eigenvalue weighted by Gasteiger charge is 2.34. The van der Waals surface area contributed by atoms with Gasteiger partial charge in [0.15, 0.2) is 0 Å². The third-order valence-corrected chi connectivity index (χ3v) is 19.6. The van der Waals surface area contributed by atoms with E-state index in [0.29, 0.717) is 32.5 Å². The van der Waals surface area contributed by atoms with Crippen molar-refractivity contribution in [3.05, 3.63) is 198 Å². The van der Waals surface area contributed by atoms with Crippen LogP contribution >= 0.6 is 0 Å². The molecular formula is C57H55F3N6O8S3. The Morgan fingerprint density at radius 1 is 0.545 bits per heavy atom. The number of carboxylic acids is 1. The number of aryl methyl sites for hydroxylation is 2. The minimum Gasteiger partial charge on any atom is -0.481 e. The normalized spacial score (nSPS) is 17.4. The zero-order valence-electron chi connectivity index (χ0n) is 41.8. The molecule has 0 fully saturated rings. The number of halogens is 3. The first-order valence-corrected chi connectivity index (χ1v) is 29.5. The van der Waals surface area contributed by atoms with Gasteiger partial charge in [-0.05, 0) is 158 Å². The van der Waals surface area contributed by atoms with Crippen molar-refractivity contribution in [2.45, 2.75) is 97.4 Å². The molecule has 0 saturated heterocycles. The van der Waals surface area contributed by atoms with Crippen LogP contribution in [0.25, 0.3) is 32.7 Å². The van der Waals surface area contributed by atoms with E-state index < -0.39 is 53.5 Å². The van der Waals surface area contributed by atoms with Crippen molar-refractivity contribution >= 4 is 68.7 Å². The van der Waals surface area contributed by atoms with Gasteiger partial charge in [-0.1, -0.05) is 54.6 Å². The Hall–Kier alpha value is -7.07. The molecule has 0 radical (unpaired) electrons. The third kappa shape index (κ3) is 11.4. The molecule has 6 heterocycles. The highest BCUT2D eigenvalue weighted by Crippen LogP contribution is 2.34. The average molecular weight is 1110 g/mol. The quantitative estimate of drug-likeness (QED) is 0.115. The van der Waals surface area contributed by atoms with Gasteiger partial charge in [0.05, 0.1) is 21.1 Å². The number of nitrogens with one attached hydrogen (secondary N) is 2. The summed E-state index contributed by atoms with van der Waals surface area (Å²) in [4.78, 5) is 11.6. The molecule has 20 heteroatoms. The van der Waals surface area contributed by atoms with E-state index in [1.54, 1.807) is 0 Å². The van der Waals surface area contributed by atoms with E-state index in [-0.39, 0.29) is 39.2 Å². The van der Waals surface area contributed by atoms with Gasteiger partial charge in [-0.3, -0.25) is 4.79 Å². The minimum absolute atomic E-state index is 0.0520. The topological polar surface area (TPSA) is 182 Å². The lowest BCUT2D eigenvalue weighted by atomic mass is 10.0. The van der Waals surface area contributed by atoms with E-state index in [0.717, 1.165) is 95.3 Å². The number of sulfonamides is 3. The molecule has 0 amide bonds. The largest absolute Gasteiger partial charge is 0.481 e. The minimum atomic E-state index is -3.76. The number of rotatable bonds is 11. The second kappa shape index (κ2) is 21.8. The molecule has 14 nitrogen and oxygen atoms in total. The van der Waals surface area contributed by atoms with Gasteiger partial charge in [0, 0.05) is 83.8 Å². The molecule has 3 aromatic heterocycles. The fraction of sp³-hybridized carbons (Fsp3) is 0.246. The zero-order chi connectivity index (χ0) is 54.2. The van der Waals surface area contributed by atoms with Gasteiger partial charge in [0.2, 0.25) is 30.1 Å². The lowest BCUT2D eigenvalue weighted by molar-refractivity contribution is -0.136. The molecule has 3 N–H and O–H groups in total. The van der Waals surface area contributed by atoms with Gasteiger partial charge in [0.25, 0.3) is 0 Å². The highest BCUT2D eigenvalue weighted by atomic mass is 32.2. The molecule has 0 aliphatic carbocycles. The number of aromatic nitrogens is 3. The molecule has 3 atom stereocenters. The molecule has 12 rings (SSSR count). The van der Waals surface area contributed by atoms with E-state index >= 15 is 0 Å². The summed E-state index contributed by atoms with van der Waals surface area (Å²) >= 11 is 0. The number of likely N-dealkylation sites (N-methyl/N-ethyl adjacent to an activating group) is 1. The Kier molecular flexibility index (Phi) is 15.1. The average Bonchev–Trinajstić information content (AvgIpc) is 4.11. The van der Waals surface area contributed by atoms with Gasteiger partial charge in [-0.25, -0.2) is 47.9 Å². The Morgan fingerprint density at radius 2 is 0.974 bits per heavy atom. The fourth-order valence-electron chi connectivity index (χ4n) is 10.8. The summed E-state index contributed by atoms with van der Waals surface area (Å²) in [6.07, 6.45) is 4.26. The van der Waals surface area contributed by atoms with E-state index in [2.05, 4.69) is 55.0 Å². The number of hydrogen-bond acceptors (Lipinski definition) is 7. The Bertz CT molecular complexity index is 3830. The number of carboxylic acid groups (broad SMARTS) is 1. The molecule has 6 aromatic carbocycles. The SMILES string of the molecule is CN([C@@H]1CCc2c(CC(=O)O)c3ccccc3n2C1)S(=O)(=O)c1ccc(F)cc1.O=S(=O)(NC1CCc2cc3ccccc3n2C1)c1ccc(F)cc1.O=S(=O)(N[C@@H]1CCc2cc3ccccc3n2C1)c1ccc(F)cc1. The monoisotopic (exact) mass is 1100 g/mol. The van der Waals surface area contributed by atoms with Crippen molar-refractivity contribution in [2.24, 2.45) is 0 Å². The van der Waals surface area contributed by atoms with Crippen molar-refractivity contribution in [3.8, 4) is 0 Å². The number of hydrogen-bond donors (Lipinski definition) is 3. The number of aliphatic carboxylic acids is 1. The van der Waals surface area contributed by atoms with Crippen molar-refractivity contribution < 1.29 is 48.3 Å². The van der Waals surface area contributed by atoms with Crippen LogP contribution in [0.5, 0.6) is 0 Å². The Labute approximate surface area is 444 Å². The number of carbonyl (C=O) groups is 1. The smallest absolute Gasteiger partial charge is 0.307 e. The standard InChI is InChI=1S/C21H21FN2O4S.2C18H17FN2O2S/c1-23(29(27,28)16-9-6-14(22)7-10-16)15-8-11-20-18(12-21(25)26)17-4-2-3-5-19(17)24(20)13-15;2*19-14-5-9-17(10-6-14)24(22,23)20-15-7-8-16-11-13-3-1-2-4-18(13)21(16)12-15/h2-7,9-10,15H,8,11-13H2,1H3,(H,25,26);2*1-6,9-11,15,20H,7-8,12H2/t2*15-;/m11./s1. The van der Waals surface area contributed by atoms with Crippen LogP contribution in [0, 0.1) is 17.5 Å². The maximum absolute atomic E-state index is 13.2. The zero-order valence-corrected chi connectivity index (χ0v) is 44.2. The van der Waals surface area contributed by atoms with Crippen LogP contribution < -0.4 is 9.44 Å². The summed E-state index contributed by atoms with van der Waals surface area (Å²) in [7, 11) is -9.52. The molecule has 1 unspecified atom stereocenters. The Morgan fingerprint density at radius 3 is 1.44 bits per heavy atom. The molecular weight excluding hydrogens is 1050 g/mol. The number of fused-ring (bicyclic) bond motifs is 9. The van der Waals surface area contributed by atoms with Gasteiger partial charge < -0.3 is 18.8 Å². The predicted molar refractivity (Wildman–Crippen MR) is 288 cm³/mol. The second-order valence-electron chi connectivity index (χ2n) is 19.5.